The first-order chi connectivity index (χ1) is 8.65. The van der Waals surface area contributed by atoms with Crippen molar-refractivity contribution in [2.45, 2.75) is 24.6 Å². The molecule has 0 amide bonds. The molecule has 1 fully saturated rings. The normalized spacial score (nSPS) is 32.3. The van der Waals surface area contributed by atoms with Crippen LogP contribution in [-0.4, -0.2) is 64.6 Å². The molecule has 18 heavy (non-hydrogen) atoms. The van der Waals surface area contributed by atoms with Gasteiger partial charge >= 0.3 is 0 Å². The Kier molecular flexibility index (Phi) is 6.55. The molecular weight excluding hydrogens is 244 g/mol. The number of ether oxygens (including phenoxy) is 6. The molecule has 1 N–H and O–H groups in total. The van der Waals surface area contributed by atoms with Crippen molar-refractivity contribution in [3.8, 4) is 0 Å². The summed E-state index contributed by atoms with van der Waals surface area (Å²) in [5.41, 5.74) is 0. The summed E-state index contributed by atoms with van der Waals surface area (Å²) >= 11 is 0. The highest BCUT2D eigenvalue weighted by molar-refractivity contribution is 5.05. The molecule has 7 nitrogen and oxygen atoms in total. The predicted octanol–water partition coefficient (Wildman–Crippen LogP) is -0.158. The molecule has 0 unspecified atom stereocenters. The molecule has 1 aliphatic heterocycles. The fourth-order valence-electron chi connectivity index (χ4n) is 1.65. The van der Waals surface area contributed by atoms with E-state index in [1.54, 1.807) is 0 Å². The van der Waals surface area contributed by atoms with Gasteiger partial charge in [-0.3, -0.25) is 0 Å². The lowest BCUT2D eigenvalue weighted by Gasteiger charge is -2.39. The highest BCUT2D eigenvalue weighted by Gasteiger charge is 2.44. The van der Waals surface area contributed by atoms with Gasteiger partial charge in [0.25, 0.3) is 0 Å². The van der Waals surface area contributed by atoms with Gasteiger partial charge in [0.15, 0.2) is 0 Å². The van der Waals surface area contributed by atoms with E-state index in [2.05, 4.69) is 6.58 Å². The van der Waals surface area contributed by atoms with Crippen molar-refractivity contribution >= 4 is 0 Å². The zero-order valence-corrected chi connectivity index (χ0v) is 10.8. The summed E-state index contributed by atoms with van der Waals surface area (Å²) in [7, 11) is 4.40. The van der Waals surface area contributed by atoms with Gasteiger partial charge in [0.05, 0.1) is 0 Å². The molecule has 1 saturated heterocycles. The van der Waals surface area contributed by atoms with Gasteiger partial charge in [-0.2, -0.15) is 0 Å². The van der Waals surface area contributed by atoms with E-state index in [0.717, 1.165) is 0 Å². The van der Waals surface area contributed by atoms with Gasteiger partial charge in [-0.1, -0.05) is 6.58 Å². The van der Waals surface area contributed by atoms with Crippen LogP contribution < -0.4 is 0 Å². The molecule has 0 aromatic heterocycles. The first-order valence-electron chi connectivity index (χ1n) is 5.43. The van der Waals surface area contributed by atoms with Gasteiger partial charge in [-0.05, 0) is 0 Å². The SMILES string of the molecule is C=C1O[C@H](OC)[C@H](O)[C@@H](OCOC)[C@@H]1OCOC. The van der Waals surface area contributed by atoms with Gasteiger partial charge in [0, 0.05) is 21.3 Å². The second kappa shape index (κ2) is 7.67. The maximum Gasteiger partial charge on any atom is 0.228 e. The Bertz CT molecular complexity index is 258. The molecule has 0 bridgehead atoms. The highest BCUT2D eigenvalue weighted by Crippen LogP contribution is 2.27. The van der Waals surface area contributed by atoms with Gasteiger partial charge in [-0.15, -0.1) is 0 Å². The molecule has 0 saturated carbocycles. The Morgan fingerprint density at radius 1 is 1.17 bits per heavy atom. The largest absolute Gasteiger partial charge is 0.464 e. The van der Waals surface area contributed by atoms with Gasteiger partial charge in [0.2, 0.25) is 6.29 Å². The zero-order valence-electron chi connectivity index (χ0n) is 10.8. The first-order valence-corrected chi connectivity index (χ1v) is 5.43. The molecular formula is C11H20O7. The van der Waals surface area contributed by atoms with Crippen LogP contribution in [-0.2, 0) is 28.4 Å². The van der Waals surface area contributed by atoms with Crippen LogP contribution in [0.15, 0.2) is 12.3 Å². The van der Waals surface area contributed by atoms with Crippen LogP contribution in [0.4, 0.5) is 0 Å². The topological polar surface area (TPSA) is 75.6 Å². The Labute approximate surface area is 106 Å². The van der Waals surface area contributed by atoms with E-state index in [1.807, 2.05) is 0 Å². The number of rotatable bonds is 7. The Morgan fingerprint density at radius 3 is 2.33 bits per heavy atom. The van der Waals surface area contributed by atoms with Crippen molar-refractivity contribution in [2.75, 3.05) is 34.9 Å². The fraction of sp³-hybridized carbons (Fsp3) is 0.818. The van der Waals surface area contributed by atoms with E-state index in [4.69, 9.17) is 28.4 Å². The van der Waals surface area contributed by atoms with Crippen LogP contribution in [0.3, 0.4) is 0 Å². The molecule has 0 aliphatic carbocycles. The Hall–Kier alpha value is -0.700. The molecule has 0 spiro atoms. The number of hydrogen-bond donors (Lipinski definition) is 1. The summed E-state index contributed by atoms with van der Waals surface area (Å²) in [5.74, 6) is 0.310. The minimum Gasteiger partial charge on any atom is -0.464 e. The maximum atomic E-state index is 10.1. The predicted molar refractivity (Wildman–Crippen MR) is 60.5 cm³/mol. The van der Waals surface area contributed by atoms with Crippen LogP contribution in [0, 0.1) is 0 Å². The lowest BCUT2D eigenvalue weighted by molar-refractivity contribution is -0.271. The molecule has 7 heteroatoms. The molecule has 1 heterocycles. The quantitative estimate of drug-likeness (QED) is 0.640. The van der Waals surface area contributed by atoms with Crippen molar-refractivity contribution in [1.82, 2.24) is 0 Å². The maximum absolute atomic E-state index is 10.1. The number of aliphatic hydroxyl groups excluding tert-OH is 1. The molecule has 0 aromatic rings. The van der Waals surface area contributed by atoms with Crippen LogP contribution >= 0.6 is 0 Å². The third-order valence-electron chi connectivity index (χ3n) is 2.47. The number of hydrogen-bond acceptors (Lipinski definition) is 7. The minimum atomic E-state index is -1.02. The average molecular weight is 264 g/mol. The van der Waals surface area contributed by atoms with E-state index in [-0.39, 0.29) is 13.6 Å². The van der Waals surface area contributed by atoms with Gasteiger partial charge in [-0.25, -0.2) is 0 Å². The summed E-state index contributed by atoms with van der Waals surface area (Å²) in [4.78, 5) is 0. The number of methoxy groups -OCH3 is 3. The van der Waals surface area contributed by atoms with Gasteiger partial charge in [0.1, 0.15) is 37.7 Å². The average Bonchev–Trinajstić information content (AvgIpc) is 2.37. The zero-order chi connectivity index (χ0) is 13.5. The van der Waals surface area contributed by atoms with E-state index in [1.165, 1.54) is 21.3 Å². The molecule has 4 atom stereocenters. The molecule has 0 radical (unpaired) electrons. The Morgan fingerprint density at radius 2 is 1.78 bits per heavy atom. The number of aliphatic hydroxyl groups is 1. The van der Waals surface area contributed by atoms with Crippen LogP contribution in [0.25, 0.3) is 0 Å². The second-order valence-electron chi connectivity index (χ2n) is 3.71. The third-order valence-corrected chi connectivity index (χ3v) is 2.47. The summed E-state index contributed by atoms with van der Waals surface area (Å²) < 4.78 is 30.7. The van der Waals surface area contributed by atoms with Crippen molar-refractivity contribution < 1.29 is 33.5 Å². The van der Waals surface area contributed by atoms with E-state index in [9.17, 15) is 5.11 Å². The summed E-state index contributed by atoms with van der Waals surface area (Å²) in [5, 5.41) is 10.1. The summed E-state index contributed by atoms with van der Waals surface area (Å²) in [6.45, 7) is 3.77. The first kappa shape index (κ1) is 15.4. The second-order valence-corrected chi connectivity index (χ2v) is 3.71. The van der Waals surface area contributed by atoms with Crippen molar-refractivity contribution in [1.29, 1.82) is 0 Å². The van der Waals surface area contributed by atoms with E-state index >= 15 is 0 Å². The lowest BCUT2D eigenvalue weighted by atomic mass is 10.0. The molecule has 106 valence electrons. The monoisotopic (exact) mass is 264 g/mol. The molecule has 1 aliphatic rings. The summed E-state index contributed by atoms with van der Waals surface area (Å²) in [6.07, 6.45) is -3.22. The van der Waals surface area contributed by atoms with Crippen molar-refractivity contribution in [3.63, 3.8) is 0 Å². The lowest BCUT2D eigenvalue weighted by Crippen LogP contribution is -2.54. The van der Waals surface area contributed by atoms with Crippen LogP contribution in [0.5, 0.6) is 0 Å². The fourth-order valence-corrected chi connectivity index (χ4v) is 1.65. The van der Waals surface area contributed by atoms with Crippen LogP contribution in [0.2, 0.25) is 0 Å². The summed E-state index contributed by atoms with van der Waals surface area (Å²) in [6, 6.07) is 0. The standard InChI is InChI=1S/C11H20O7/c1-7-9(16-5-13-2)10(17-6-14-3)8(12)11(15-4)18-7/h8-12H,1,5-6H2,2-4H3/t8-,9-,10-,11+/m1/s1. The van der Waals surface area contributed by atoms with E-state index < -0.39 is 24.6 Å². The van der Waals surface area contributed by atoms with E-state index in [0.29, 0.717) is 5.76 Å². The minimum absolute atomic E-state index is 0.0122. The van der Waals surface area contributed by atoms with Gasteiger partial charge < -0.3 is 33.5 Å². The molecule has 1 rings (SSSR count). The smallest absolute Gasteiger partial charge is 0.228 e. The van der Waals surface area contributed by atoms with Crippen molar-refractivity contribution in [3.05, 3.63) is 12.3 Å². The highest BCUT2D eigenvalue weighted by atomic mass is 16.7. The molecule has 0 aromatic carbocycles. The third kappa shape index (κ3) is 3.64. The van der Waals surface area contributed by atoms with Crippen molar-refractivity contribution in [2.24, 2.45) is 0 Å². The van der Waals surface area contributed by atoms with Crippen LogP contribution in [0.1, 0.15) is 0 Å². The Balaban J connectivity index is 2.73.